The van der Waals surface area contributed by atoms with Gasteiger partial charge in [0.1, 0.15) is 10.6 Å². The third kappa shape index (κ3) is 4.24. The monoisotopic (exact) mass is 318 g/mol. The van der Waals surface area contributed by atoms with Crippen molar-refractivity contribution in [2.75, 3.05) is 6.54 Å². The van der Waals surface area contributed by atoms with Gasteiger partial charge >= 0.3 is 0 Å². The van der Waals surface area contributed by atoms with E-state index in [-0.39, 0.29) is 16.5 Å². The molecule has 1 aliphatic rings. The van der Waals surface area contributed by atoms with Gasteiger partial charge in [-0.25, -0.2) is 8.42 Å². The van der Waals surface area contributed by atoms with Crippen LogP contribution in [0.2, 0.25) is 0 Å². The van der Waals surface area contributed by atoms with E-state index in [0.29, 0.717) is 6.54 Å². The lowest BCUT2D eigenvalue weighted by Gasteiger charge is -2.08. The van der Waals surface area contributed by atoms with E-state index in [0.717, 1.165) is 18.8 Å². The molecule has 2 rings (SSSR count). The van der Waals surface area contributed by atoms with Crippen molar-refractivity contribution in [1.29, 1.82) is 0 Å². The van der Waals surface area contributed by atoms with Crippen molar-refractivity contribution in [3.05, 3.63) is 18.0 Å². The van der Waals surface area contributed by atoms with Crippen LogP contribution < -0.4 is 5.32 Å². The Kier molecular flexibility index (Phi) is 5.10. The fourth-order valence-corrected chi connectivity index (χ4v) is 3.36. The Balaban J connectivity index is 1.75. The van der Waals surface area contributed by atoms with Crippen molar-refractivity contribution in [3.63, 3.8) is 0 Å². The van der Waals surface area contributed by atoms with Crippen LogP contribution in [0.15, 0.2) is 17.2 Å². The topological polar surface area (TPSA) is 79.0 Å². The number of aromatic nitrogens is 1. The summed E-state index contributed by atoms with van der Waals surface area (Å²) in [6.07, 6.45) is 8.59. The first-order chi connectivity index (χ1) is 9.47. The van der Waals surface area contributed by atoms with Gasteiger partial charge in [0.05, 0.1) is 0 Å². The predicted octanol–water partition coefficient (Wildman–Crippen LogP) is 2.64. The van der Waals surface area contributed by atoms with Gasteiger partial charge in [0.25, 0.3) is 15.0 Å². The fraction of sp³-hybridized carbons (Fsp3) is 0.615. The van der Waals surface area contributed by atoms with Crippen LogP contribution in [0.4, 0.5) is 0 Å². The fourth-order valence-electron chi connectivity index (χ4n) is 2.63. The number of halogens is 1. The van der Waals surface area contributed by atoms with Gasteiger partial charge in [-0.05, 0) is 24.8 Å². The summed E-state index contributed by atoms with van der Waals surface area (Å²) in [4.78, 5) is 14.3. The van der Waals surface area contributed by atoms with Crippen molar-refractivity contribution in [2.24, 2.45) is 5.92 Å². The highest BCUT2D eigenvalue weighted by atomic mass is 35.7. The molecular formula is C13H19ClN2O3S. The number of rotatable bonds is 6. The van der Waals surface area contributed by atoms with Crippen LogP contribution >= 0.6 is 10.7 Å². The molecule has 1 heterocycles. The number of carbonyl (C=O) groups excluding carboxylic acids is 1. The van der Waals surface area contributed by atoms with Crippen molar-refractivity contribution in [1.82, 2.24) is 10.3 Å². The van der Waals surface area contributed by atoms with Crippen LogP contribution in [0, 0.1) is 5.92 Å². The smallest absolute Gasteiger partial charge is 0.267 e. The van der Waals surface area contributed by atoms with Crippen LogP contribution in [0.5, 0.6) is 0 Å². The Morgan fingerprint density at radius 3 is 2.70 bits per heavy atom. The van der Waals surface area contributed by atoms with Gasteiger partial charge in [-0.15, -0.1) is 0 Å². The highest BCUT2D eigenvalue weighted by Gasteiger charge is 2.16. The Hall–Kier alpha value is -1.01. The number of amides is 1. The molecule has 20 heavy (non-hydrogen) atoms. The first-order valence-electron chi connectivity index (χ1n) is 6.88. The molecule has 5 nitrogen and oxygen atoms in total. The second-order valence-electron chi connectivity index (χ2n) is 5.24. The van der Waals surface area contributed by atoms with Gasteiger partial charge in [-0.2, -0.15) is 0 Å². The normalized spacial score (nSPS) is 16.4. The maximum Gasteiger partial charge on any atom is 0.267 e. The minimum Gasteiger partial charge on any atom is -0.356 e. The molecule has 1 saturated carbocycles. The van der Waals surface area contributed by atoms with Crippen LogP contribution in [-0.4, -0.2) is 25.9 Å². The Morgan fingerprint density at radius 2 is 2.10 bits per heavy atom. The third-order valence-corrected chi connectivity index (χ3v) is 5.07. The maximum absolute atomic E-state index is 11.8. The summed E-state index contributed by atoms with van der Waals surface area (Å²) in [7, 11) is 1.41. The van der Waals surface area contributed by atoms with Gasteiger partial charge in [-0.1, -0.05) is 25.7 Å². The number of hydrogen-bond acceptors (Lipinski definition) is 3. The standard InChI is InChI=1S/C13H19ClN2O3S/c14-20(18,19)11-8-12(16-9-11)13(17)15-7-3-6-10-4-1-2-5-10/h8-10,16H,1-7H2,(H,15,17). The van der Waals surface area contributed by atoms with Crippen LogP contribution in [0.25, 0.3) is 0 Å². The number of carbonyl (C=O) groups is 1. The van der Waals surface area contributed by atoms with E-state index in [1.54, 1.807) is 0 Å². The van der Waals surface area contributed by atoms with Crippen molar-refractivity contribution in [2.45, 2.75) is 43.4 Å². The Labute approximate surface area is 123 Å². The van der Waals surface area contributed by atoms with E-state index in [1.807, 2.05) is 0 Å². The van der Waals surface area contributed by atoms with E-state index < -0.39 is 9.05 Å². The van der Waals surface area contributed by atoms with Crippen LogP contribution in [-0.2, 0) is 9.05 Å². The molecule has 0 saturated heterocycles. The summed E-state index contributed by atoms with van der Waals surface area (Å²) >= 11 is 0. The lowest BCUT2D eigenvalue weighted by molar-refractivity contribution is 0.0948. The van der Waals surface area contributed by atoms with E-state index in [4.69, 9.17) is 10.7 Å². The van der Waals surface area contributed by atoms with E-state index in [1.165, 1.54) is 37.9 Å². The van der Waals surface area contributed by atoms with Gasteiger partial charge in [-0.3, -0.25) is 4.79 Å². The number of H-pyrrole nitrogens is 1. The molecule has 1 amide bonds. The van der Waals surface area contributed by atoms with E-state index in [2.05, 4.69) is 10.3 Å². The first-order valence-corrected chi connectivity index (χ1v) is 9.19. The third-order valence-electron chi connectivity index (χ3n) is 3.73. The molecule has 2 N–H and O–H groups in total. The van der Waals surface area contributed by atoms with E-state index >= 15 is 0 Å². The lowest BCUT2D eigenvalue weighted by atomic mass is 10.0. The van der Waals surface area contributed by atoms with Gasteiger partial charge < -0.3 is 10.3 Å². The SMILES string of the molecule is O=C(NCCCC1CCCC1)c1cc(S(=O)(=O)Cl)c[nH]1. The summed E-state index contributed by atoms with van der Waals surface area (Å²) in [5.41, 5.74) is 0.213. The van der Waals surface area contributed by atoms with Crippen molar-refractivity contribution < 1.29 is 13.2 Å². The molecule has 112 valence electrons. The molecule has 1 fully saturated rings. The molecule has 0 radical (unpaired) electrons. The minimum absolute atomic E-state index is 0.0877. The zero-order chi connectivity index (χ0) is 14.6. The predicted molar refractivity (Wildman–Crippen MR) is 77.4 cm³/mol. The average Bonchev–Trinajstić information content (AvgIpc) is 3.04. The largest absolute Gasteiger partial charge is 0.356 e. The van der Waals surface area contributed by atoms with Crippen molar-refractivity contribution in [3.8, 4) is 0 Å². The van der Waals surface area contributed by atoms with E-state index in [9.17, 15) is 13.2 Å². The number of nitrogens with one attached hydrogen (secondary N) is 2. The molecule has 0 spiro atoms. The molecule has 0 unspecified atom stereocenters. The van der Waals surface area contributed by atoms with Crippen molar-refractivity contribution >= 4 is 25.6 Å². The molecular weight excluding hydrogens is 300 g/mol. The zero-order valence-electron chi connectivity index (χ0n) is 11.2. The average molecular weight is 319 g/mol. The van der Waals surface area contributed by atoms with Crippen LogP contribution in [0.1, 0.15) is 49.0 Å². The molecule has 0 atom stereocenters. The quantitative estimate of drug-likeness (QED) is 0.625. The maximum atomic E-state index is 11.8. The summed E-state index contributed by atoms with van der Waals surface area (Å²) in [6, 6.07) is 1.24. The number of hydrogen-bond donors (Lipinski definition) is 2. The summed E-state index contributed by atoms with van der Waals surface area (Å²) < 4.78 is 22.2. The van der Waals surface area contributed by atoms with Crippen LogP contribution in [0.3, 0.4) is 0 Å². The highest BCUT2D eigenvalue weighted by molar-refractivity contribution is 8.13. The Bertz CT molecular complexity index is 562. The second kappa shape index (κ2) is 6.63. The Morgan fingerprint density at radius 1 is 1.40 bits per heavy atom. The van der Waals surface area contributed by atoms with Gasteiger partial charge in [0.2, 0.25) is 0 Å². The molecule has 0 aromatic carbocycles. The lowest BCUT2D eigenvalue weighted by Crippen LogP contribution is -2.25. The molecule has 0 bridgehead atoms. The molecule has 0 aliphatic heterocycles. The summed E-state index contributed by atoms with van der Waals surface area (Å²) in [5, 5.41) is 2.78. The summed E-state index contributed by atoms with van der Waals surface area (Å²) in [6.45, 7) is 0.608. The molecule has 7 heteroatoms. The minimum atomic E-state index is -3.79. The second-order valence-corrected chi connectivity index (χ2v) is 7.80. The molecule has 1 aliphatic carbocycles. The highest BCUT2D eigenvalue weighted by Crippen LogP contribution is 2.28. The number of aromatic amines is 1. The summed E-state index contributed by atoms with van der Waals surface area (Å²) in [5.74, 6) is 0.508. The van der Waals surface area contributed by atoms with Gasteiger partial charge in [0.15, 0.2) is 0 Å². The first kappa shape index (κ1) is 15.4. The van der Waals surface area contributed by atoms with Gasteiger partial charge in [0, 0.05) is 23.4 Å². The molecule has 1 aromatic heterocycles. The molecule has 1 aromatic rings. The zero-order valence-corrected chi connectivity index (χ0v) is 12.8.